The molecule has 1 heterocycles. The molecule has 5 nitrogen and oxygen atoms in total. The summed E-state index contributed by atoms with van der Waals surface area (Å²) in [7, 11) is 1.72. The van der Waals surface area contributed by atoms with E-state index >= 15 is 0 Å². The fraction of sp³-hybridized carbons (Fsp3) is 0.875. The van der Waals surface area contributed by atoms with Crippen LogP contribution in [0.1, 0.15) is 12.8 Å². The van der Waals surface area contributed by atoms with E-state index in [1.54, 1.807) is 7.11 Å². The molecular weight excluding hydrogens is 168 g/mol. The summed E-state index contributed by atoms with van der Waals surface area (Å²) in [6.45, 7) is 2.64. The minimum atomic E-state index is 0.431. The zero-order valence-corrected chi connectivity index (χ0v) is 8.07. The van der Waals surface area contributed by atoms with Crippen molar-refractivity contribution in [1.82, 2.24) is 4.90 Å². The highest BCUT2D eigenvalue weighted by Crippen LogP contribution is 2.15. The van der Waals surface area contributed by atoms with Crippen molar-refractivity contribution in [3.05, 3.63) is 0 Å². The average Bonchev–Trinajstić information content (AvgIpc) is 2.18. The van der Waals surface area contributed by atoms with Crippen molar-refractivity contribution >= 4 is 5.96 Å². The first kappa shape index (κ1) is 10.1. The van der Waals surface area contributed by atoms with Crippen LogP contribution < -0.4 is 11.6 Å². The van der Waals surface area contributed by atoms with Crippen molar-refractivity contribution in [2.24, 2.45) is 22.6 Å². The van der Waals surface area contributed by atoms with Gasteiger partial charge < -0.3 is 21.2 Å². The number of hydrazone groups is 1. The Morgan fingerprint density at radius 3 is 3.08 bits per heavy atom. The molecule has 1 saturated heterocycles. The van der Waals surface area contributed by atoms with Crippen LogP contribution in [0.2, 0.25) is 0 Å². The summed E-state index contributed by atoms with van der Waals surface area (Å²) in [6.07, 6.45) is 2.33. The molecule has 1 atom stereocenters. The fourth-order valence-corrected chi connectivity index (χ4v) is 1.73. The van der Waals surface area contributed by atoms with E-state index in [1.807, 2.05) is 4.90 Å². The van der Waals surface area contributed by atoms with Crippen LogP contribution in [-0.2, 0) is 4.74 Å². The number of ether oxygens (including phenoxy) is 1. The van der Waals surface area contributed by atoms with E-state index in [2.05, 4.69) is 5.10 Å². The van der Waals surface area contributed by atoms with E-state index in [9.17, 15) is 0 Å². The SMILES string of the molecule is COCC1CCCN(C(N)=NN)C1. The minimum absolute atomic E-state index is 0.431. The Bertz CT molecular complexity index is 181. The molecule has 1 rings (SSSR count). The fourth-order valence-electron chi connectivity index (χ4n) is 1.73. The van der Waals surface area contributed by atoms with Gasteiger partial charge in [0.1, 0.15) is 0 Å². The summed E-state index contributed by atoms with van der Waals surface area (Å²) in [5, 5.41) is 3.49. The molecular formula is C8H18N4O. The Morgan fingerprint density at radius 1 is 1.69 bits per heavy atom. The van der Waals surface area contributed by atoms with Crippen LogP contribution in [0.25, 0.3) is 0 Å². The predicted octanol–water partition coefficient (Wildman–Crippen LogP) is -0.467. The molecule has 1 unspecified atom stereocenters. The maximum absolute atomic E-state index is 5.62. The van der Waals surface area contributed by atoms with E-state index in [0.717, 1.165) is 26.1 Å². The topological polar surface area (TPSA) is 76.9 Å². The molecule has 1 fully saturated rings. The monoisotopic (exact) mass is 186 g/mol. The first-order valence-corrected chi connectivity index (χ1v) is 4.55. The van der Waals surface area contributed by atoms with Crippen molar-refractivity contribution in [3.8, 4) is 0 Å². The van der Waals surface area contributed by atoms with Gasteiger partial charge in [-0.25, -0.2) is 0 Å². The second kappa shape index (κ2) is 4.91. The maximum Gasteiger partial charge on any atom is 0.213 e. The molecule has 4 N–H and O–H groups in total. The normalized spacial score (nSPS) is 24.8. The number of methoxy groups -OCH3 is 1. The van der Waals surface area contributed by atoms with E-state index in [4.69, 9.17) is 16.3 Å². The smallest absolute Gasteiger partial charge is 0.213 e. The lowest BCUT2D eigenvalue weighted by Gasteiger charge is -2.32. The molecule has 0 amide bonds. The van der Waals surface area contributed by atoms with Crippen molar-refractivity contribution in [1.29, 1.82) is 0 Å². The van der Waals surface area contributed by atoms with Crippen LogP contribution in [-0.4, -0.2) is 37.7 Å². The molecule has 0 radical (unpaired) electrons. The molecule has 0 aromatic rings. The lowest BCUT2D eigenvalue weighted by atomic mass is 9.99. The lowest BCUT2D eigenvalue weighted by molar-refractivity contribution is 0.115. The Labute approximate surface area is 78.7 Å². The van der Waals surface area contributed by atoms with Crippen molar-refractivity contribution in [3.63, 3.8) is 0 Å². The number of guanidine groups is 1. The van der Waals surface area contributed by atoms with E-state index < -0.39 is 0 Å². The molecule has 13 heavy (non-hydrogen) atoms. The Hall–Kier alpha value is -0.970. The molecule has 1 aliphatic heterocycles. The van der Waals surface area contributed by atoms with Crippen LogP contribution in [0, 0.1) is 5.92 Å². The third-order valence-corrected chi connectivity index (χ3v) is 2.38. The maximum atomic E-state index is 5.62. The van der Waals surface area contributed by atoms with Crippen LogP contribution >= 0.6 is 0 Å². The predicted molar refractivity (Wildman–Crippen MR) is 52.0 cm³/mol. The number of nitrogens with zero attached hydrogens (tertiary/aromatic N) is 2. The molecule has 5 heteroatoms. The standard InChI is InChI=1S/C8H18N4O/c1-13-6-7-3-2-4-12(5-7)8(9)11-10/h7H,2-6,10H2,1H3,(H2,9,11). The van der Waals surface area contributed by atoms with Gasteiger partial charge in [-0.15, -0.1) is 5.10 Å². The summed E-state index contributed by atoms with van der Waals surface area (Å²) in [6, 6.07) is 0. The second-order valence-electron chi connectivity index (χ2n) is 3.40. The Balaban J connectivity index is 2.41. The highest BCUT2D eigenvalue weighted by Gasteiger charge is 2.20. The van der Waals surface area contributed by atoms with Crippen LogP contribution in [0.4, 0.5) is 0 Å². The van der Waals surface area contributed by atoms with Gasteiger partial charge in [0, 0.05) is 20.2 Å². The van der Waals surface area contributed by atoms with Gasteiger partial charge in [0.15, 0.2) is 0 Å². The quantitative estimate of drug-likeness (QED) is 0.265. The van der Waals surface area contributed by atoms with Crippen LogP contribution in [0.3, 0.4) is 0 Å². The van der Waals surface area contributed by atoms with Crippen molar-refractivity contribution < 1.29 is 4.74 Å². The van der Waals surface area contributed by atoms with Gasteiger partial charge in [0.05, 0.1) is 6.61 Å². The Morgan fingerprint density at radius 2 is 2.46 bits per heavy atom. The van der Waals surface area contributed by atoms with Gasteiger partial charge in [-0.2, -0.15) is 0 Å². The molecule has 0 aromatic carbocycles. The van der Waals surface area contributed by atoms with Crippen LogP contribution in [0.5, 0.6) is 0 Å². The van der Waals surface area contributed by atoms with E-state index in [0.29, 0.717) is 11.9 Å². The number of likely N-dealkylation sites (tertiary alicyclic amines) is 1. The molecule has 1 aliphatic rings. The summed E-state index contributed by atoms with van der Waals surface area (Å²) >= 11 is 0. The highest BCUT2D eigenvalue weighted by atomic mass is 16.5. The molecule has 76 valence electrons. The first-order valence-electron chi connectivity index (χ1n) is 4.55. The number of hydrogen-bond acceptors (Lipinski definition) is 3. The third kappa shape index (κ3) is 2.77. The number of hydrogen-bond donors (Lipinski definition) is 2. The number of rotatable bonds is 2. The van der Waals surface area contributed by atoms with Gasteiger partial charge in [-0.1, -0.05) is 0 Å². The van der Waals surface area contributed by atoms with Gasteiger partial charge in [0.2, 0.25) is 5.96 Å². The number of nitrogens with two attached hydrogens (primary N) is 2. The summed E-state index contributed by atoms with van der Waals surface area (Å²) in [4.78, 5) is 2.01. The average molecular weight is 186 g/mol. The van der Waals surface area contributed by atoms with Gasteiger partial charge in [-0.05, 0) is 18.8 Å². The zero-order valence-electron chi connectivity index (χ0n) is 8.07. The molecule has 0 spiro atoms. The molecule has 0 aliphatic carbocycles. The highest BCUT2D eigenvalue weighted by molar-refractivity contribution is 5.77. The van der Waals surface area contributed by atoms with E-state index in [1.165, 1.54) is 6.42 Å². The van der Waals surface area contributed by atoms with Crippen molar-refractivity contribution in [2.75, 3.05) is 26.8 Å². The van der Waals surface area contributed by atoms with Gasteiger partial charge in [-0.3, -0.25) is 0 Å². The summed E-state index contributed by atoms with van der Waals surface area (Å²) in [5.41, 5.74) is 5.62. The Kier molecular flexibility index (Phi) is 3.82. The molecule has 0 bridgehead atoms. The minimum Gasteiger partial charge on any atom is -0.384 e. The summed E-state index contributed by atoms with van der Waals surface area (Å²) in [5.74, 6) is 6.10. The second-order valence-corrected chi connectivity index (χ2v) is 3.40. The number of piperidine rings is 1. The third-order valence-electron chi connectivity index (χ3n) is 2.38. The summed E-state index contributed by atoms with van der Waals surface area (Å²) < 4.78 is 5.10. The van der Waals surface area contributed by atoms with Crippen molar-refractivity contribution in [2.45, 2.75) is 12.8 Å². The van der Waals surface area contributed by atoms with Gasteiger partial charge >= 0.3 is 0 Å². The zero-order chi connectivity index (χ0) is 9.68. The van der Waals surface area contributed by atoms with Crippen LogP contribution in [0.15, 0.2) is 5.10 Å². The molecule has 0 aromatic heterocycles. The lowest BCUT2D eigenvalue weighted by Crippen LogP contribution is -2.45. The molecule has 0 saturated carbocycles. The van der Waals surface area contributed by atoms with Gasteiger partial charge in [0.25, 0.3) is 0 Å². The first-order chi connectivity index (χ1) is 6.27. The largest absolute Gasteiger partial charge is 0.384 e. The van der Waals surface area contributed by atoms with E-state index in [-0.39, 0.29) is 0 Å².